The van der Waals surface area contributed by atoms with E-state index in [1.807, 2.05) is 30.3 Å². The molecule has 9 heteroatoms. The normalized spacial score (nSPS) is 14.0. The van der Waals surface area contributed by atoms with E-state index in [9.17, 15) is 14.4 Å². The average Bonchev–Trinajstić information content (AvgIpc) is 2.73. The minimum Gasteiger partial charge on any atom is -0.450 e. The minimum absolute atomic E-state index is 0.0578. The highest BCUT2D eigenvalue weighted by Gasteiger charge is 2.25. The van der Waals surface area contributed by atoms with Crippen LogP contribution in [0.15, 0.2) is 46.3 Å². The maximum Gasteiger partial charge on any atom is 0.409 e. The van der Waals surface area contributed by atoms with Crippen LogP contribution in [0.5, 0.6) is 0 Å². The van der Waals surface area contributed by atoms with Crippen molar-refractivity contribution >= 4 is 23.8 Å². The summed E-state index contributed by atoms with van der Waals surface area (Å²) in [7, 11) is 0. The van der Waals surface area contributed by atoms with Gasteiger partial charge in [-0.1, -0.05) is 42.1 Å². The number of carbonyl (C=O) groups excluding carboxylic acids is 2. The number of amides is 2. The Morgan fingerprint density at radius 2 is 1.83 bits per heavy atom. The molecule has 29 heavy (non-hydrogen) atoms. The summed E-state index contributed by atoms with van der Waals surface area (Å²) in [6.45, 7) is 3.85. The number of piperazine rings is 1. The summed E-state index contributed by atoms with van der Waals surface area (Å²) in [5, 5.41) is 0.497. The number of thioether (sulfide) groups is 1. The number of carbonyl (C=O) groups is 2. The van der Waals surface area contributed by atoms with E-state index in [4.69, 9.17) is 4.74 Å². The van der Waals surface area contributed by atoms with Crippen LogP contribution in [0.1, 0.15) is 18.2 Å². The van der Waals surface area contributed by atoms with Crippen LogP contribution in [0.2, 0.25) is 0 Å². The number of rotatable bonds is 6. The molecule has 1 aromatic heterocycles. The highest BCUT2D eigenvalue weighted by Crippen LogP contribution is 2.18. The van der Waals surface area contributed by atoms with Gasteiger partial charge in [0, 0.05) is 38.0 Å². The molecule has 0 radical (unpaired) electrons. The summed E-state index contributed by atoms with van der Waals surface area (Å²) < 4.78 is 4.99. The second-order valence-electron chi connectivity index (χ2n) is 6.56. The van der Waals surface area contributed by atoms with Gasteiger partial charge in [0.25, 0.3) is 5.56 Å². The molecule has 0 unspecified atom stereocenters. The van der Waals surface area contributed by atoms with Crippen LogP contribution in [0.3, 0.4) is 0 Å². The van der Waals surface area contributed by atoms with Crippen LogP contribution in [-0.2, 0) is 21.7 Å². The van der Waals surface area contributed by atoms with Crippen LogP contribution < -0.4 is 5.56 Å². The van der Waals surface area contributed by atoms with Crippen molar-refractivity contribution in [1.29, 1.82) is 0 Å². The second-order valence-corrected chi connectivity index (χ2v) is 7.52. The molecule has 2 heterocycles. The van der Waals surface area contributed by atoms with Crippen molar-refractivity contribution in [3.05, 3.63) is 58.0 Å². The molecule has 1 fully saturated rings. The molecule has 1 aliphatic rings. The second kappa shape index (κ2) is 10.1. The van der Waals surface area contributed by atoms with E-state index in [1.54, 1.807) is 16.7 Å². The van der Waals surface area contributed by atoms with Gasteiger partial charge in [-0.3, -0.25) is 9.59 Å². The van der Waals surface area contributed by atoms with Gasteiger partial charge in [-0.15, -0.1) is 0 Å². The maximum absolute atomic E-state index is 12.6. The molecule has 8 nitrogen and oxygen atoms in total. The summed E-state index contributed by atoms with van der Waals surface area (Å²) in [4.78, 5) is 46.8. The molecule has 154 valence electrons. The van der Waals surface area contributed by atoms with Gasteiger partial charge in [0.1, 0.15) is 0 Å². The lowest BCUT2D eigenvalue weighted by Crippen LogP contribution is -2.51. The Labute approximate surface area is 173 Å². The number of benzene rings is 1. The Balaban J connectivity index is 1.56. The zero-order valence-electron chi connectivity index (χ0n) is 16.3. The first-order chi connectivity index (χ1) is 14.0. The maximum atomic E-state index is 12.6. The highest BCUT2D eigenvalue weighted by molar-refractivity contribution is 7.98. The van der Waals surface area contributed by atoms with E-state index < -0.39 is 0 Å². The van der Waals surface area contributed by atoms with E-state index in [2.05, 4.69) is 9.97 Å². The topological polar surface area (TPSA) is 95.6 Å². The van der Waals surface area contributed by atoms with Crippen LogP contribution in [0.4, 0.5) is 4.79 Å². The summed E-state index contributed by atoms with van der Waals surface area (Å²) in [5.41, 5.74) is 1.30. The lowest BCUT2D eigenvalue weighted by Gasteiger charge is -2.34. The smallest absolute Gasteiger partial charge is 0.409 e. The number of hydrogen-bond donors (Lipinski definition) is 1. The van der Waals surface area contributed by atoms with Crippen molar-refractivity contribution in [2.45, 2.75) is 24.3 Å². The molecule has 1 aromatic carbocycles. The van der Waals surface area contributed by atoms with Gasteiger partial charge < -0.3 is 19.5 Å². The van der Waals surface area contributed by atoms with Crippen molar-refractivity contribution in [3.8, 4) is 0 Å². The first kappa shape index (κ1) is 20.9. The molecule has 3 rings (SSSR count). The molecule has 0 spiro atoms. The number of aromatic amines is 1. The zero-order chi connectivity index (χ0) is 20.6. The number of nitrogens with one attached hydrogen (secondary N) is 1. The van der Waals surface area contributed by atoms with Crippen LogP contribution in [0.25, 0.3) is 0 Å². The molecular weight excluding hydrogens is 392 g/mol. The molecule has 2 amide bonds. The predicted molar refractivity (Wildman–Crippen MR) is 110 cm³/mol. The average molecular weight is 417 g/mol. The fourth-order valence-corrected chi connectivity index (χ4v) is 3.84. The number of H-pyrrole nitrogens is 1. The fraction of sp³-hybridized carbons (Fsp3) is 0.400. The molecule has 1 aliphatic heterocycles. The summed E-state index contributed by atoms with van der Waals surface area (Å²) >= 11 is 1.42. The summed E-state index contributed by atoms with van der Waals surface area (Å²) in [6, 6.07) is 11.3. The first-order valence-corrected chi connectivity index (χ1v) is 10.5. The highest BCUT2D eigenvalue weighted by atomic mass is 32.2. The Kier molecular flexibility index (Phi) is 7.29. The van der Waals surface area contributed by atoms with Gasteiger partial charge in [0.15, 0.2) is 5.16 Å². The molecule has 0 aliphatic carbocycles. The number of nitrogens with zero attached hydrogens (tertiary/aromatic N) is 3. The lowest BCUT2D eigenvalue weighted by atomic mass is 10.2. The standard InChI is InChI=1S/C20H24N4O4S/c1-2-28-20(27)24-10-8-23(9-11-24)18(26)13-16-12-17(25)22-19(21-16)29-14-15-6-4-3-5-7-15/h3-7,12H,2,8-11,13-14H2,1H3,(H,21,22,25). The Bertz CT molecular complexity index is 895. The molecule has 1 N–H and O–H groups in total. The Morgan fingerprint density at radius 1 is 1.14 bits per heavy atom. The summed E-state index contributed by atoms with van der Waals surface area (Å²) in [5.74, 6) is 0.572. The third kappa shape index (κ3) is 6.08. The third-order valence-corrected chi connectivity index (χ3v) is 5.43. The van der Waals surface area contributed by atoms with Gasteiger partial charge in [-0.05, 0) is 12.5 Å². The van der Waals surface area contributed by atoms with Crippen LogP contribution >= 0.6 is 11.8 Å². The molecular formula is C20H24N4O4S. The van der Waals surface area contributed by atoms with Gasteiger partial charge in [-0.25, -0.2) is 9.78 Å². The Morgan fingerprint density at radius 3 is 2.52 bits per heavy atom. The van der Waals surface area contributed by atoms with Crippen molar-refractivity contribution < 1.29 is 14.3 Å². The minimum atomic E-state index is -0.351. The third-order valence-electron chi connectivity index (χ3n) is 4.48. The van der Waals surface area contributed by atoms with Gasteiger partial charge >= 0.3 is 6.09 Å². The van der Waals surface area contributed by atoms with Gasteiger partial charge in [0.05, 0.1) is 18.7 Å². The Hall–Kier alpha value is -2.81. The van der Waals surface area contributed by atoms with Crippen molar-refractivity contribution in [1.82, 2.24) is 19.8 Å². The largest absolute Gasteiger partial charge is 0.450 e. The number of hydrogen-bond acceptors (Lipinski definition) is 6. The van der Waals surface area contributed by atoms with Crippen molar-refractivity contribution in [3.63, 3.8) is 0 Å². The monoisotopic (exact) mass is 416 g/mol. The van der Waals surface area contributed by atoms with E-state index >= 15 is 0 Å². The van der Waals surface area contributed by atoms with Crippen LogP contribution in [-0.4, -0.2) is 64.6 Å². The van der Waals surface area contributed by atoms with Crippen LogP contribution in [0, 0.1) is 0 Å². The number of ether oxygens (including phenoxy) is 1. The van der Waals surface area contributed by atoms with E-state index in [0.29, 0.717) is 49.4 Å². The van der Waals surface area contributed by atoms with E-state index in [1.165, 1.54) is 17.8 Å². The van der Waals surface area contributed by atoms with Gasteiger partial charge in [-0.2, -0.15) is 0 Å². The predicted octanol–water partition coefficient (Wildman–Crippen LogP) is 1.91. The molecule has 0 bridgehead atoms. The molecule has 0 saturated carbocycles. The fourth-order valence-electron chi connectivity index (χ4n) is 2.99. The number of aromatic nitrogens is 2. The first-order valence-electron chi connectivity index (χ1n) is 9.51. The van der Waals surface area contributed by atoms with Crippen molar-refractivity contribution in [2.75, 3.05) is 32.8 Å². The van der Waals surface area contributed by atoms with E-state index in [0.717, 1.165) is 5.56 Å². The molecule has 0 atom stereocenters. The SMILES string of the molecule is CCOC(=O)N1CCN(C(=O)Cc2cc(=O)[nH]c(SCc3ccccc3)n2)CC1. The quantitative estimate of drug-likeness (QED) is 0.571. The van der Waals surface area contributed by atoms with E-state index in [-0.39, 0.29) is 24.0 Å². The summed E-state index contributed by atoms with van der Waals surface area (Å²) in [6.07, 6.45) is -0.293. The molecule has 1 saturated heterocycles. The lowest BCUT2D eigenvalue weighted by molar-refractivity contribution is -0.132. The molecule has 2 aromatic rings. The van der Waals surface area contributed by atoms with Crippen molar-refractivity contribution in [2.24, 2.45) is 0 Å². The zero-order valence-corrected chi connectivity index (χ0v) is 17.1. The van der Waals surface area contributed by atoms with Gasteiger partial charge in [0.2, 0.25) is 5.91 Å².